The number of fused-ring (bicyclic) bond motifs is 6. The van der Waals surface area contributed by atoms with Gasteiger partial charge in [0.05, 0.1) is 46.7 Å². The first-order valence-corrected chi connectivity index (χ1v) is 25.9. The van der Waals surface area contributed by atoms with Gasteiger partial charge in [0.1, 0.15) is 8.07 Å². The summed E-state index contributed by atoms with van der Waals surface area (Å²) in [5, 5.41) is 14.4. The van der Waals surface area contributed by atoms with E-state index >= 15 is 0 Å². The minimum Gasteiger partial charge on any atom is -0.441 e. The van der Waals surface area contributed by atoms with Crippen molar-refractivity contribution in [3.05, 3.63) is 83.8 Å². The molecule has 3 aromatic carbocycles. The minimum atomic E-state index is -2.93. The standard InChI is InChI=1S/C44H54Cl4N3O7PSi/c1-25(2)51(26(3)4)59(56-21-15-18-49)55-20-14-12-11-13-19-50-40(52)28-16-17-29-30(22-28)44(58-41(29)53)31-23-33(45)27(5)35(47)38(31)60(9,10)39-32(44)24-34(46)37(36(39)48)57-42(54)43(6,7)8/h16-17,22-26H,11-15,19-21H2,1-10H3,(H,50,52). The van der Waals surface area contributed by atoms with Crippen LogP contribution in [0.4, 0.5) is 0 Å². The van der Waals surface area contributed by atoms with Crippen molar-refractivity contribution in [1.29, 1.82) is 5.26 Å². The molecule has 1 spiro atoms. The quantitative estimate of drug-likeness (QED) is 0.0491. The second-order valence-corrected chi connectivity index (χ2v) is 24.6. The van der Waals surface area contributed by atoms with Gasteiger partial charge in [0.2, 0.25) is 0 Å². The number of nitrogens with one attached hydrogen (secondary N) is 1. The van der Waals surface area contributed by atoms with E-state index in [9.17, 15) is 14.4 Å². The van der Waals surface area contributed by atoms with Crippen molar-refractivity contribution < 1.29 is 32.9 Å². The molecule has 0 aliphatic carbocycles. The van der Waals surface area contributed by atoms with Crippen LogP contribution in [-0.4, -0.2) is 62.4 Å². The maximum atomic E-state index is 13.9. The third-order valence-electron chi connectivity index (χ3n) is 10.8. The maximum absolute atomic E-state index is 13.9. The van der Waals surface area contributed by atoms with Crippen LogP contribution < -0.4 is 20.4 Å². The van der Waals surface area contributed by atoms with E-state index in [4.69, 9.17) is 70.2 Å². The molecule has 60 heavy (non-hydrogen) atoms. The highest BCUT2D eigenvalue weighted by atomic mass is 35.5. The van der Waals surface area contributed by atoms with Crippen molar-refractivity contribution in [3.8, 4) is 11.8 Å². The normalized spacial score (nSPS) is 17.0. The summed E-state index contributed by atoms with van der Waals surface area (Å²) in [6.07, 6.45) is 3.64. The molecule has 5 rings (SSSR count). The molecule has 324 valence electrons. The van der Waals surface area contributed by atoms with Crippen LogP contribution in [0, 0.1) is 23.7 Å². The lowest BCUT2D eigenvalue weighted by Gasteiger charge is -2.45. The molecule has 2 unspecified atom stereocenters. The number of carbonyl (C=O) groups is 3. The van der Waals surface area contributed by atoms with E-state index in [1.54, 1.807) is 51.1 Å². The van der Waals surface area contributed by atoms with Gasteiger partial charge >= 0.3 is 11.9 Å². The number of unbranched alkanes of at least 4 members (excludes halogenated alkanes) is 3. The minimum absolute atomic E-state index is 0.0122. The highest BCUT2D eigenvalue weighted by Gasteiger charge is 2.58. The van der Waals surface area contributed by atoms with Crippen LogP contribution >= 0.6 is 54.9 Å². The largest absolute Gasteiger partial charge is 0.441 e. The number of amides is 1. The Morgan fingerprint density at radius 3 is 2.12 bits per heavy atom. The van der Waals surface area contributed by atoms with Crippen molar-refractivity contribution in [2.24, 2.45) is 5.41 Å². The predicted molar refractivity (Wildman–Crippen MR) is 243 cm³/mol. The van der Waals surface area contributed by atoms with Gasteiger partial charge in [-0.3, -0.25) is 9.59 Å². The molecule has 0 saturated heterocycles. The van der Waals surface area contributed by atoms with E-state index in [0.29, 0.717) is 69.2 Å². The lowest BCUT2D eigenvalue weighted by atomic mass is 9.78. The van der Waals surface area contributed by atoms with Crippen LogP contribution in [0.25, 0.3) is 0 Å². The third-order valence-corrected chi connectivity index (χ3v) is 18.3. The van der Waals surface area contributed by atoms with Crippen molar-refractivity contribution in [2.45, 2.75) is 118 Å². The molecular weight excluding hydrogens is 883 g/mol. The van der Waals surface area contributed by atoms with Crippen LogP contribution in [0.2, 0.25) is 33.2 Å². The Morgan fingerprint density at radius 1 is 0.900 bits per heavy atom. The number of esters is 2. The molecule has 16 heteroatoms. The molecule has 3 aromatic rings. The SMILES string of the molecule is Cc1c(Cl)cc2c(c1Cl)[Si](C)(C)c1c(cc(Cl)c(OC(=O)C(C)(C)C)c1Cl)C21OC(=O)c2ccc(C(=O)NCCCCCCOP(OCCC#N)N(C(C)C)C(C)C)cc21. The van der Waals surface area contributed by atoms with E-state index in [1.165, 1.54) is 0 Å². The zero-order valence-corrected chi connectivity index (χ0v) is 40.8. The molecule has 1 amide bonds. The van der Waals surface area contributed by atoms with Gasteiger partial charge in [-0.1, -0.05) is 72.3 Å². The number of ether oxygens (including phenoxy) is 2. The molecule has 2 heterocycles. The number of rotatable bonds is 16. The lowest BCUT2D eigenvalue weighted by Crippen LogP contribution is -2.64. The Kier molecular flexibility index (Phi) is 15.6. The topological polar surface area (TPSA) is 127 Å². The lowest BCUT2D eigenvalue weighted by molar-refractivity contribution is -0.142. The van der Waals surface area contributed by atoms with Gasteiger partial charge in [-0.05, 0) is 115 Å². The molecule has 0 bridgehead atoms. The summed E-state index contributed by atoms with van der Waals surface area (Å²) < 4.78 is 26.7. The summed E-state index contributed by atoms with van der Waals surface area (Å²) in [5.41, 5.74) is 0.225. The number of hydrogen-bond acceptors (Lipinski definition) is 9. The maximum Gasteiger partial charge on any atom is 0.340 e. The van der Waals surface area contributed by atoms with Gasteiger partial charge < -0.3 is 23.8 Å². The number of hydrogen-bond donors (Lipinski definition) is 1. The van der Waals surface area contributed by atoms with Gasteiger partial charge in [-0.15, -0.1) is 0 Å². The molecule has 0 saturated carbocycles. The van der Waals surface area contributed by atoms with Crippen LogP contribution in [0.1, 0.15) is 124 Å². The first-order valence-electron chi connectivity index (χ1n) is 20.2. The van der Waals surface area contributed by atoms with Crippen LogP contribution in [-0.2, 0) is 24.2 Å². The Morgan fingerprint density at radius 2 is 1.50 bits per heavy atom. The highest BCUT2D eigenvalue weighted by Crippen LogP contribution is 2.53. The van der Waals surface area contributed by atoms with Crippen molar-refractivity contribution in [2.75, 3.05) is 19.8 Å². The molecule has 0 aromatic heterocycles. The molecule has 2 atom stereocenters. The van der Waals surface area contributed by atoms with E-state index in [2.05, 4.69) is 56.8 Å². The van der Waals surface area contributed by atoms with E-state index in [0.717, 1.165) is 30.9 Å². The third kappa shape index (κ3) is 9.44. The Balaban J connectivity index is 1.40. The van der Waals surface area contributed by atoms with Crippen molar-refractivity contribution >= 4 is 91.2 Å². The predicted octanol–water partition coefficient (Wildman–Crippen LogP) is 10.7. The molecule has 1 N–H and O–H groups in total. The fourth-order valence-corrected chi connectivity index (χ4v) is 15.4. The summed E-state index contributed by atoms with van der Waals surface area (Å²) in [5.74, 6) is -1.43. The Labute approximate surface area is 376 Å². The summed E-state index contributed by atoms with van der Waals surface area (Å²) >= 11 is 28.2. The van der Waals surface area contributed by atoms with Crippen molar-refractivity contribution in [1.82, 2.24) is 9.99 Å². The summed E-state index contributed by atoms with van der Waals surface area (Å²) in [6, 6.07) is 10.9. The first-order chi connectivity index (χ1) is 28.1. The van der Waals surface area contributed by atoms with Gasteiger partial charge in [0, 0.05) is 50.9 Å². The number of halogens is 4. The van der Waals surface area contributed by atoms with Gasteiger partial charge in [-0.2, -0.15) is 5.26 Å². The summed E-state index contributed by atoms with van der Waals surface area (Å²) in [6.45, 7) is 20.9. The Bertz CT molecular complexity index is 2200. The number of carbonyl (C=O) groups excluding carboxylic acids is 3. The van der Waals surface area contributed by atoms with Gasteiger partial charge in [-0.25, -0.2) is 9.46 Å². The van der Waals surface area contributed by atoms with Crippen LogP contribution in [0.15, 0.2) is 30.3 Å². The summed E-state index contributed by atoms with van der Waals surface area (Å²) in [4.78, 5) is 40.8. The second kappa shape index (κ2) is 19.3. The van der Waals surface area contributed by atoms with Crippen LogP contribution in [0.5, 0.6) is 5.75 Å². The fraction of sp³-hybridized carbons (Fsp3) is 0.500. The monoisotopic (exact) mass is 935 g/mol. The van der Waals surface area contributed by atoms with Crippen molar-refractivity contribution in [3.63, 3.8) is 0 Å². The Hall–Kier alpha value is -2.75. The molecule has 2 aliphatic heterocycles. The molecule has 10 nitrogen and oxygen atoms in total. The summed E-state index contributed by atoms with van der Waals surface area (Å²) in [7, 11) is -4.22. The van der Waals surface area contributed by atoms with Gasteiger partial charge in [0.15, 0.2) is 11.4 Å². The molecule has 0 fully saturated rings. The average molecular weight is 938 g/mol. The van der Waals surface area contributed by atoms with Gasteiger partial charge in [0.25, 0.3) is 14.4 Å². The van der Waals surface area contributed by atoms with Crippen LogP contribution in [0.3, 0.4) is 0 Å². The molecule has 2 aliphatic rings. The smallest absolute Gasteiger partial charge is 0.340 e. The second-order valence-electron chi connectivity index (χ2n) is 17.3. The number of nitriles is 1. The highest BCUT2D eigenvalue weighted by molar-refractivity contribution is 7.44. The zero-order chi connectivity index (χ0) is 44.5. The zero-order valence-electron chi connectivity index (χ0n) is 35.9. The first kappa shape index (κ1) is 48.3. The molecular formula is C44H54Cl4N3O7PSi. The van der Waals surface area contributed by atoms with E-state index in [1.807, 2.05) is 6.92 Å². The number of benzene rings is 3. The van der Waals surface area contributed by atoms with E-state index < -0.39 is 39.6 Å². The fourth-order valence-electron chi connectivity index (χ4n) is 7.85. The molecule has 0 radical (unpaired) electrons. The number of nitrogens with zero attached hydrogens (tertiary/aromatic N) is 2. The average Bonchev–Trinajstić information content (AvgIpc) is 3.45. The van der Waals surface area contributed by atoms with E-state index in [-0.39, 0.29) is 39.3 Å².